The van der Waals surface area contributed by atoms with Crippen molar-refractivity contribution in [2.45, 2.75) is 65.6 Å². The maximum Gasteiger partial charge on any atom is 0.228 e. The van der Waals surface area contributed by atoms with Gasteiger partial charge in [-0.25, -0.2) is 0 Å². The van der Waals surface area contributed by atoms with Crippen LogP contribution in [0, 0.1) is 40.4 Å². The van der Waals surface area contributed by atoms with Gasteiger partial charge in [-0.05, 0) is 55.4 Å². The van der Waals surface area contributed by atoms with Gasteiger partial charge < -0.3 is 10.2 Å². The molecule has 0 aromatic heterocycles. The van der Waals surface area contributed by atoms with Crippen molar-refractivity contribution in [1.29, 1.82) is 0 Å². The summed E-state index contributed by atoms with van der Waals surface area (Å²) in [5, 5.41) is 20.4. The molecule has 5 heteroatoms. The van der Waals surface area contributed by atoms with Gasteiger partial charge in [0.15, 0.2) is 0 Å². The van der Waals surface area contributed by atoms with Crippen LogP contribution in [0.15, 0.2) is 11.6 Å². The van der Waals surface area contributed by atoms with Gasteiger partial charge in [0.2, 0.25) is 11.6 Å². The molecule has 0 aromatic rings. The third kappa shape index (κ3) is 2.40. The van der Waals surface area contributed by atoms with Crippen LogP contribution in [0.2, 0.25) is 0 Å². The molecule has 2 N–H and O–H groups in total. The minimum atomic E-state index is -2.40. The Bertz CT molecular complexity index is 765. The monoisotopic (exact) mass is 374 g/mol. The first-order chi connectivity index (χ1) is 12.4. The average molecular weight is 374 g/mol. The second-order valence-corrected chi connectivity index (χ2v) is 10.2. The molecule has 4 aliphatic rings. The third-order valence-electron chi connectivity index (χ3n) is 8.52. The number of carbonyl (C=O) groups is 3. The van der Waals surface area contributed by atoms with Crippen LogP contribution in [0.5, 0.6) is 0 Å². The summed E-state index contributed by atoms with van der Waals surface area (Å²) in [7, 11) is 0. The van der Waals surface area contributed by atoms with Crippen LogP contribution in [-0.2, 0) is 14.4 Å². The van der Waals surface area contributed by atoms with Gasteiger partial charge in [-0.3, -0.25) is 14.4 Å². The lowest BCUT2D eigenvalue weighted by molar-refractivity contribution is -0.199. The first-order valence-corrected chi connectivity index (χ1v) is 10.2. The fourth-order valence-electron chi connectivity index (χ4n) is 7.75. The predicted molar refractivity (Wildman–Crippen MR) is 98.4 cm³/mol. The highest BCUT2D eigenvalue weighted by Crippen LogP contribution is 2.67. The maximum absolute atomic E-state index is 13.4. The van der Waals surface area contributed by atoms with E-state index in [0.29, 0.717) is 12.8 Å². The molecule has 0 aliphatic heterocycles. The van der Waals surface area contributed by atoms with Crippen LogP contribution in [0.25, 0.3) is 0 Å². The van der Waals surface area contributed by atoms with Gasteiger partial charge in [0.25, 0.3) is 0 Å². The van der Waals surface area contributed by atoms with Crippen molar-refractivity contribution in [2.75, 3.05) is 0 Å². The highest BCUT2D eigenvalue weighted by atomic mass is 16.5. The number of hydrogen-bond donors (Lipinski definition) is 2. The van der Waals surface area contributed by atoms with E-state index in [9.17, 15) is 24.6 Å². The first kappa shape index (κ1) is 19.0. The van der Waals surface area contributed by atoms with Crippen LogP contribution in [-0.4, -0.2) is 33.3 Å². The molecule has 3 fully saturated rings. The number of rotatable bonds is 1. The SMILES string of the molecule is CC(=O)[C@H]1[C@H](C)C[C@H]2[C@@H]3CCC4=CC(=O)C(O)(O)C[C@]4(C)[C@H]3C(=O)C[C@@]21C. The van der Waals surface area contributed by atoms with Crippen molar-refractivity contribution >= 4 is 17.3 Å². The topological polar surface area (TPSA) is 91.7 Å². The van der Waals surface area contributed by atoms with Crippen molar-refractivity contribution in [1.82, 2.24) is 0 Å². The highest BCUT2D eigenvalue weighted by molar-refractivity contribution is 5.98. The number of ketones is 3. The Balaban J connectivity index is 1.78. The smallest absolute Gasteiger partial charge is 0.228 e. The van der Waals surface area contributed by atoms with Crippen LogP contribution in [0.3, 0.4) is 0 Å². The van der Waals surface area contributed by atoms with Crippen molar-refractivity contribution in [3.8, 4) is 0 Å². The van der Waals surface area contributed by atoms with Gasteiger partial charge in [-0.2, -0.15) is 0 Å². The van der Waals surface area contributed by atoms with E-state index in [2.05, 4.69) is 13.8 Å². The molecule has 0 heterocycles. The molecule has 0 amide bonds. The second kappa shape index (κ2) is 5.60. The Hall–Kier alpha value is -1.33. The summed E-state index contributed by atoms with van der Waals surface area (Å²) in [6.45, 7) is 7.80. The van der Waals surface area contributed by atoms with Gasteiger partial charge in [0.05, 0.1) is 0 Å². The standard InChI is InChI=1S/C22H30O5/c1-11-7-15-14-6-5-13-8-17(25)22(26,27)10-21(13,4)19(14)16(24)9-20(15,3)18(11)12(2)23/h8,11,14-15,18-19,26-27H,5-7,9-10H2,1-4H3/t11-,14+,15+,18-,19-,20+,21+/m1/s1. The average Bonchev–Trinajstić information content (AvgIpc) is 2.77. The Morgan fingerprint density at radius 2 is 1.89 bits per heavy atom. The maximum atomic E-state index is 13.4. The molecule has 0 radical (unpaired) electrons. The summed E-state index contributed by atoms with van der Waals surface area (Å²) in [6, 6.07) is 0. The van der Waals surface area contributed by atoms with Gasteiger partial charge in [-0.1, -0.05) is 26.3 Å². The number of hydrogen-bond acceptors (Lipinski definition) is 5. The number of fused-ring (bicyclic) bond motifs is 5. The van der Waals surface area contributed by atoms with Gasteiger partial charge >= 0.3 is 0 Å². The minimum Gasteiger partial charge on any atom is -0.359 e. The van der Waals surface area contributed by atoms with Crippen LogP contribution in [0.4, 0.5) is 0 Å². The fourth-order valence-corrected chi connectivity index (χ4v) is 7.75. The second-order valence-electron chi connectivity index (χ2n) is 10.2. The Morgan fingerprint density at radius 3 is 2.52 bits per heavy atom. The summed E-state index contributed by atoms with van der Waals surface area (Å²) < 4.78 is 0. The van der Waals surface area contributed by atoms with Crippen molar-refractivity contribution in [3.63, 3.8) is 0 Å². The van der Waals surface area contributed by atoms with E-state index in [0.717, 1.165) is 18.4 Å². The van der Waals surface area contributed by atoms with Gasteiger partial charge in [0, 0.05) is 30.1 Å². The van der Waals surface area contributed by atoms with Crippen LogP contribution < -0.4 is 0 Å². The molecule has 0 spiro atoms. The highest BCUT2D eigenvalue weighted by Gasteiger charge is 2.65. The lowest BCUT2D eigenvalue weighted by Gasteiger charge is -2.57. The van der Waals surface area contributed by atoms with Crippen molar-refractivity contribution in [2.24, 2.45) is 40.4 Å². The van der Waals surface area contributed by atoms with E-state index >= 15 is 0 Å². The number of allylic oxidation sites excluding steroid dienone is 1. The molecule has 0 bridgehead atoms. The molecular weight excluding hydrogens is 344 g/mol. The van der Waals surface area contributed by atoms with E-state index in [-0.39, 0.29) is 53.0 Å². The van der Waals surface area contributed by atoms with Crippen molar-refractivity contribution in [3.05, 3.63) is 11.6 Å². The molecule has 27 heavy (non-hydrogen) atoms. The molecule has 7 atom stereocenters. The first-order valence-electron chi connectivity index (χ1n) is 10.2. The van der Waals surface area contributed by atoms with E-state index in [4.69, 9.17) is 0 Å². The van der Waals surface area contributed by atoms with Crippen LogP contribution in [0.1, 0.15) is 59.8 Å². The molecule has 3 saturated carbocycles. The molecule has 0 unspecified atom stereocenters. The molecule has 4 rings (SSSR count). The minimum absolute atomic E-state index is 0.0835. The molecule has 5 nitrogen and oxygen atoms in total. The van der Waals surface area contributed by atoms with Crippen LogP contribution >= 0.6 is 0 Å². The quantitative estimate of drug-likeness (QED) is 0.688. The molecule has 0 saturated heterocycles. The summed E-state index contributed by atoms with van der Waals surface area (Å²) in [6.07, 6.45) is 4.09. The van der Waals surface area contributed by atoms with E-state index in [1.54, 1.807) is 6.92 Å². The summed E-state index contributed by atoms with van der Waals surface area (Å²) in [4.78, 5) is 37.8. The summed E-state index contributed by atoms with van der Waals surface area (Å²) in [5.41, 5.74) is -0.115. The zero-order chi connectivity index (χ0) is 19.9. The van der Waals surface area contributed by atoms with E-state index in [1.165, 1.54) is 6.08 Å². The Morgan fingerprint density at radius 1 is 1.22 bits per heavy atom. The Kier molecular flexibility index (Phi) is 3.94. The Labute approximate surface area is 160 Å². The number of aliphatic hydroxyl groups is 2. The lowest BCUT2D eigenvalue weighted by atomic mass is 9.46. The lowest BCUT2D eigenvalue weighted by Crippen LogP contribution is -2.58. The fraction of sp³-hybridized carbons (Fsp3) is 0.773. The van der Waals surface area contributed by atoms with Gasteiger partial charge in [0.1, 0.15) is 11.6 Å². The predicted octanol–water partition coefficient (Wildman–Crippen LogP) is 2.44. The molecular formula is C22H30O5. The summed E-state index contributed by atoms with van der Waals surface area (Å²) >= 11 is 0. The van der Waals surface area contributed by atoms with Gasteiger partial charge in [-0.15, -0.1) is 0 Å². The third-order valence-corrected chi connectivity index (χ3v) is 8.52. The number of carbonyl (C=O) groups excluding carboxylic acids is 3. The van der Waals surface area contributed by atoms with Crippen molar-refractivity contribution < 1.29 is 24.6 Å². The molecule has 0 aromatic carbocycles. The molecule has 4 aliphatic carbocycles. The summed E-state index contributed by atoms with van der Waals surface area (Å²) in [5.74, 6) is -2.48. The molecule has 148 valence electrons. The zero-order valence-corrected chi connectivity index (χ0v) is 16.6. The number of Topliss-reactive ketones (excluding diaryl/α,β-unsaturated/α-hetero) is 2. The van der Waals surface area contributed by atoms with E-state index in [1.807, 2.05) is 6.92 Å². The zero-order valence-electron chi connectivity index (χ0n) is 16.6. The normalized spacial score (nSPS) is 48.4. The largest absolute Gasteiger partial charge is 0.359 e. The van der Waals surface area contributed by atoms with E-state index < -0.39 is 17.0 Å².